The van der Waals surface area contributed by atoms with E-state index in [-0.39, 0.29) is 6.61 Å². The fraction of sp³-hybridized carbons (Fsp3) is 0.875. The van der Waals surface area contributed by atoms with Gasteiger partial charge in [0, 0.05) is 12.4 Å². The maximum absolute atomic E-state index is 10.8. The molecule has 0 aliphatic rings. The highest BCUT2D eigenvalue weighted by molar-refractivity contribution is 8.01. The summed E-state index contributed by atoms with van der Waals surface area (Å²) >= 11 is 1.41. The lowest BCUT2D eigenvalue weighted by Crippen LogP contribution is -2.37. The first kappa shape index (κ1) is 11.8. The van der Waals surface area contributed by atoms with Gasteiger partial charge in [-0.1, -0.05) is 13.8 Å². The van der Waals surface area contributed by atoms with E-state index in [1.54, 1.807) is 6.92 Å². The van der Waals surface area contributed by atoms with Crippen LogP contribution in [0.25, 0.3) is 0 Å². The molecule has 1 atom stereocenters. The number of thioether (sulfide) groups is 1. The average molecular weight is 192 g/mol. The van der Waals surface area contributed by atoms with Crippen LogP contribution < -0.4 is 0 Å². The molecule has 0 saturated carbocycles. The van der Waals surface area contributed by atoms with Crippen LogP contribution in [-0.4, -0.2) is 34.8 Å². The van der Waals surface area contributed by atoms with Crippen LogP contribution in [0.3, 0.4) is 0 Å². The summed E-state index contributed by atoms with van der Waals surface area (Å²) in [5, 5.41) is 9.20. The lowest BCUT2D eigenvalue weighted by molar-refractivity contribution is -0.140. The third-order valence-corrected chi connectivity index (χ3v) is 2.65. The van der Waals surface area contributed by atoms with Gasteiger partial charge in [-0.25, -0.2) is 0 Å². The van der Waals surface area contributed by atoms with E-state index in [0.717, 1.165) is 0 Å². The summed E-state index contributed by atoms with van der Waals surface area (Å²) in [5.41, 5.74) is 0. The number of hydrogen-bond acceptors (Lipinski definition) is 3. The van der Waals surface area contributed by atoms with E-state index >= 15 is 0 Å². The Balaban J connectivity index is 4.28. The molecule has 1 N–H and O–H groups in total. The monoisotopic (exact) mass is 192 g/mol. The Labute approximate surface area is 77.5 Å². The predicted octanol–water partition coefficient (Wildman–Crippen LogP) is 1.62. The molecule has 4 heteroatoms. The highest BCUT2D eigenvalue weighted by Crippen LogP contribution is 2.29. The van der Waals surface area contributed by atoms with Gasteiger partial charge in [0.25, 0.3) is 0 Å². The summed E-state index contributed by atoms with van der Waals surface area (Å²) < 4.78 is 4.05. The van der Waals surface area contributed by atoms with Gasteiger partial charge < -0.3 is 9.84 Å². The van der Waals surface area contributed by atoms with Gasteiger partial charge in [-0.15, -0.1) is 11.8 Å². The van der Waals surface area contributed by atoms with Crippen molar-refractivity contribution in [3.05, 3.63) is 0 Å². The van der Waals surface area contributed by atoms with Gasteiger partial charge in [0.15, 0.2) is 0 Å². The van der Waals surface area contributed by atoms with Crippen molar-refractivity contribution in [3.8, 4) is 0 Å². The zero-order valence-corrected chi connectivity index (χ0v) is 8.77. The smallest absolute Gasteiger partial charge is 0.321 e. The molecule has 0 radical (unpaired) electrons. The molecule has 12 heavy (non-hydrogen) atoms. The molecule has 0 aromatic heterocycles. The van der Waals surface area contributed by atoms with E-state index < -0.39 is 10.7 Å². The van der Waals surface area contributed by atoms with Crippen molar-refractivity contribution in [1.29, 1.82) is 0 Å². The molecule has 0 heterocycles. The number of hydrogen-bond donors (Lipinski definition) is 1. The SMILES string of the molecule is COCC(C)(SC(C)C)C(=O)O. The fourth-order valence-electron chi connectivity index (χ4n) is 0.942. The fourth-order valence-corrected chi connectivity index (χ4v) is 2.27. The minimum atomic E-state index is -0.817. The molecule has 0 aromatic carbocycles. The molecule has 0 fully saturated rings. The summed E-state index contributed by atoms with van der Waals surface area (Å²) in [5.74, 6) is -0.817. The Morgan fingerprint density at radius 1 is 1.67 bits per heavy atom. The van der Waals surface area contributed by atoms with E-state index in [1.807, 2.05) is 13.8 Å². The molecule has 0 aliphatic heterocycles. The Hall–Kier alpha value is -0.220. The van der Waals surface area contributed by atoms with Crippen LogP contribution in [-0.2, 0) is 9.53 Å². The van der Waals surface area contributed by atoms with Crippen LogP contribution >= 0.6 is 11.8 Å². The van der Waals surface area contributed by atoms with E-state index in [0.29, 0.717) is 5.25 Å². The van der Waals surface area contributed by atoms with E-state index in [9.17, 15) is 4.79 Å². The van der Waals surface area contributed by atoms with Crippen molar-refractivity contribution in [1.82, 2.24) is 0 Å². The lowest BCUT2D eigenvalue weighted by Gasteiger charge is -2.24. The number of rotatable bonds is 5. The molecule has 0 rings (SSSR count). The van der Waals surface area contributed by atoms with Crippen LogP contribution in [0.1, 0.15) is 20.8 Å². The molecule has 0 spiro atoms. The number of carbonyl (C=O) groups is 1. The second-order valence-corrected chi connectivity index (χ2v) is 5.22. The summed E-state index contributed by atoms with van der Waals surface area (Å²) in [6, 6.07) is 0. The van der Waals surface area contributed by atoms with Crippen LogP contribution in [0, 0.1) is 0 Å². The van der Waals surface area contributed by atoms with Crippen molar-refractivity contribution in [3.63, 3.8) is 0 Å². The van der Waals surface area contributed by atoms with Crippen LogP contribution in [0.15, 0.2) is 0 Å². The van der Waals surface area contributed by atoms with Gasteiger partial charge in [-0.3, -0.25) is 4.79 Å². The minimum absolute atomic E-state index is 0.241. The van der Waals surface area contributed by atoms with Crippen LogP contribution in [0.5, 0.6) is 0 Å². The zero-order chi connectivity index (χ0) is 9.78. The molecule has 0 bridgehead atoms. The molecule has 3 nitrogen and oxygen atoms in total. The average Bonchev–Trinajstić information content (AvgIpc) is 1.85. The Kier molecular flexibility index (Phi) is 4.63. The number of carboxylic acid groups (broad SMARTS) is 1. The maximum atomic E-state index is 10.8. The Morgan fingerprint density at radius 3 is 2.42 bits per heavy atom. The first-order valence-corrected chi connectivity index (χ1v) is 4.70. The minimum Gasteiger partial charge on any atom is -0.480 e. The second kappa shape index (κ2) is 4.72. The summed E-state index contributed by atoms with van der Waals surface area (Å²) in [6.07, 6.45) is 0. The summed E-state index contributed by atoms with van der Waals surface area (Å²) in [7, 11) is 1.52. The zero-order valence-electron chi connectivity index (χ0n) is 7.96. The van der Waals surface area contributed by atoms with Gasteiger partial charge in [-0.2, -0.15) is 0 Å². The molecule has 72 valence electrons. The van der Waals surface area contributed by atoms with E-state index in [4.69, 9.17) is 9.84 Å². The van der Waals surface area contributed by atoms with Gasteiger partial charge in [0.1, 0.15) is 4.75 Å². The van der Waals surface area contributed by atoms with Gasteiger partial charge in [0.05, 0.1) is 6.61 Å². The number of carboxylic acids is 1. The first-order valence-electron chi connectivity index (χ1n) is 3.82. The van der Waals surface area contributed by atoms with Crippen molar-refractivity contribution in [2.75, 3.05) is 13.7 Å². The van der Waals surface area contributed by atoms with Crippen molar-refractivity contribution >= 4 is 17.7 Å². The topological polar surface area (TPSA) is 46.5 Å². The van der Waals surface area contributed by atoms with E-state index in [2.05, 4.69) is 0 Å². The molecule has 0 saturated heterocycles. The van der Waals surface area contributed by atoms with Crippen molar-refractivity contribution < 1.29 is 14.6 Å². The summed E-state index contributed by atoms with van der Waals surface area (Å²) in [4.78, 5) is 10.8. The third-order valence-electron chi connectivity index (χ3n) is 1.37. The van der Waals surface area contributed by atoms with Crippen LogP contribution in [0.4, 0.5) is 0 Å². The molecular weight excluding hydrogens is 176 g/mol. The molecule has 0 amide bonds. The quantitative estimate of drug-likeness (QED) is 0.719. The van der Waals surface area contributed by atoms with Gasteiger partial charge >= 0.3 is 5.97 Å². The Morgan fingerprint density at radius 2 is 2.17 bits per heavy atom. The standard InChI is InChI=1S/C8H16O3S/c1-6(2)12-8(3,5-11-4)7(9)10/h6H,5H2,1-4H3,(H,9,10). The van der Waals surface area contributed by atoms with Gasteiger partial charge in [-0.05, 0) is 6.92 Å². The maximum Gasteiger partial charge on any atom is 0.321 e. The van der Waals surface area contributed by atoms with E-state index in [1.165, 1.54) is 18.9 Å². The number of ether oxygens (including phenoxy) is 1. The number of methoxy groups -OCH3 is 1. The summed E-state index contributed by atoms with van der Waals surface area (Å²) in [6.45, 7) is 5.87. The second-order valence-electron chi connectivity index (χ2n) is 3.14. The number of aliphatic carboxylic acids is 1. The highest BCUT2D eigenvalue weighted by Gasteiger charge is 2.34. The van der Waals surface area contributed by atoms with Crippen molar-refractivity contribution in [2.24, 2.45) is 0 Å². The first-order chi connectivity index (χ1) is 5.42. The van der Waals surface area contributed by atoms with Crippen LogP contribution in [0.2, 0.25) is 0 Å². The lowest BCUT2D eigenvalue weighted by atomic mass is 10.2. The predicted molar refractivity (Wildman–Crippen MR) is 50.6 cm³/mol. The highest BCUT2D eigenvalue weighted by atomic mass is 32.2. The third kappa shape index (κ3) is 3.45. The van der Waals surface area contributed by atoms with Gasteiger partial charge in [0.2, 0.25) is 0 Å². The molecule has 0 aliphatic carbocycles. The molecule has 1 unspecified atom stereocenters. The Bertz CT molecular complexity index is 158. The molecule has 0 aromatic rings. The van der Waals surface area contributed by atoms with Crippen molar-refractivity contribution in [2.45, 2.75) is 30.8 Å². The normalized spacial score (nSPS) is 16.1. The largest absolute Gasteiger partial charge is 0.480 e. The molecular formula is C8H16O3S.